The Bertz CT molecular complexity index is 923. The summed E-state index contributed by atoms with van der Waals surface area (Å²) < 4.78 is 11.7. The predicted octanol–water partition coefficient (Wildman–Crippen LogP) is 3.44. The zero-order chi connectivity index (χ0) is 22.8. The van der Waals surface area contributed by atoms with Crippen LogP contribution in [0, 0.1) is 6.92 Å². The summed E-state index contributed by atoms with van der Waals surface area (Å²) in [5.74, 6) is 1.78. The fourth-order valence-corrected chi connectivity index (χ4v) is 3.68. The summed E-state index contributed by atoms with van der Waals surface area (Å²) in [4.78, 5) is 15.6. The first kappa shape index (κ1) is 23.4. The molecule has 0 heterocycles. The topological polar surface area (TPSA) is 98.0 Å². The number of hydrogen-bond donors (Lipinski definition) is 3. The van der Waals surface area contributed by atoms with Gasteiger partial charge >= 0.3 is 0 Å². The number of nitrogens with two attached hydrogens (primary N) is 1. The van der Waals surface area contributed by atoms with Crippen LogP contribution in [-0.4, -0.2) is 31.1 Å². The molecule has 172 valence electrons. The van der Waals surface area contributed by atoms with Gasteiger partial charge in [0.1, 0.15) is 11.5 Å². The van der Waals surface area contributed by atoms with Crippen LogP contribution in [0.1, 0.15) is 49.3 Å². The van der Waals surface area contributed by atoms with Crippen LogP contribution < -0.4 is 25.8 Å². The molecule has 0 spiro atoms. The maximum atomic E-state index is 10.9. The normalized spacial score (nSPS) is 14.2. The van der Waals surface area contributed by atoms with Crippen LogP contribution in [0.25, 0.3) is 0 Å². The molecule has 0 atom stereocenters. The summed E-state index contributed by atoms with van der Waals surface area (Å²) in [6.45, 7) is 5.84. The fourth-order valence-electron chi connectivity index (χ4n) is 3.68. The number of guanidine groups is 1. The summed E-state index contributed by atoms with van der Waals surface area (Å²) in [5, 5.41) is 6.70. The number of carbonyl (C=O) groups is 1. The molecule has 0 saturated heterocycles. The molecule has 0 radical (unpaired) electrons. The lowest BCUT2D eigenvalue weighted by Gasteiger charge is -2.18. The largest absolute Gasteiger partial charge is 0.490 e. The van der Waals surface area contributed by atoms with Gasteiger partial charge in [0.05, 0.1) is 12.6 Å². The van der Waals surface area contributed by atoms with E-state index in [9.17, 15) is 4.79 Å². The van der Waals surface area contributed by atoms with Crippen LogP contribution in [0.4, 0.5) is 0 Å². The Balaban J connectivity index is 1.63. The number of ether oxygens (including phenoxy) is 2. The Morgan fingerprint density at radius 3 is 2.72 bits per heavy atom. The minimum atomic E-state index is -0.501. The number of primary amides is 1. The van der Waals surface area contributed by atoms with Gasteiger partial charge in [0, 0.05) is 18.7 Å². The van der Waals surface area contributed by atoms with Gasteiger partial charge in [-0.25, -0.2) is 4.99 Å². The molecule has 0 unspecified atom stereocenters. The lowest BCUT2D eigenvalue weighted by atomic mass is 10.1. The summed E-state index contributed by atoms with van der Waals surface area (Å²) in [6, 6.07) is 13.9. The van der Waals surface area contributed by atoms with Gasteiger partial charge in [-0.15, -0.1) is 0 Å². The molecule has 1 saturated carbocycles. The van der Waals surface area contributed by atoms with E-state index in [0.29, 0.717) is 24.9 Å². The zero-order valence-corrected chi connectivity index (χ0v) is 19.0. The van der Waals surface area contributed by atoms with Crippen LogP contribution in [0.2, 0.25) is 0 Å². The quantitative estimate of drug-likeness (QED) is 0.390. The number of rotatable bonds is 10. The molecule has 7 heteroatoms. The van der Waals surface area contributed by atoms with E-state index in [0.717, 1.165) is 42.2 Å². The molecule has 0 bridgehead atoms. The third-order valence-electron chi connectivity index (χ3n) is 5.31. The minimum Gasteiger partial charge on any atom is -0.490 e. The van der Waals surface area contributed by atoms with E-state index in [4.69, 9.17) is 20.2 Å². The van der Waals surface area contributed by atoms with Gasteiger partial charge in [0.25, 0.3) is 5.91 Å². The van der Waals surface area contributed by atoms with Crippen molar-refractivity contribution in [1.82, 2.24) is 10.6 Å². The van der Waals surface area contributed by atoms with Gasteiger partial charge in [-0.2, -0.15) is 0 Å². The van der Waals surface area contributed by atoms with Crippen LogP contribution >= 0.6 is 0 Å². The van der Waals surface area contributed by atoms with Crippen LogP contribution in [0.3, 0.4) is 0 Å². The van der Waals surface area contributed by atoms with E-state index in [1.165, 1.54) is 18.4 Å². The molecular formula is C25H34N4O3. The summed E-state index contributed by atoms with van der Waals surface area (Å²) in [7, 11) is 0. The molecule has 1 aliphatic rings. The first-order chi connectivity index (χ1) is 15.5. The van der Waals surface area contributed by atoms with Crippen molar-refractivity contribution in [2.75, 3.05) is 13.2 Å². The Labute approximate surface area is 190 Å². The Morgan fingerprint density at radius 2 is 1.97 bits per heavy atom. The highest BCUT2D eigenvalue weighted by Gasteiger charge is 2.18. The number of aliphatic imine (C=N–C) groups is 1. The lowest BCUT2D eigenvalue weighted by Crippen LogP contribution is -2.37. The van der Waals surface area contributed by atoms with E-state index in [1.54, 1.807) is 6.07 Å². The second-order valence-electron chi connectivity index (χ2n) is 8.09. The van der Waals surface area contributed by atoms with E-state index >= 15 is 0 Å². The second-order valence-corrected chi connectivity index (χ2v) is 8.09. The Hall–Kier alpha value is -3.22. The smallest absolute Gasteiger partial charge is 0.255 e. The van der Waals surface area contributed by atoms with Gasteiger partial charge < -0.3 is 25.8 Å². The molecule has 7 nitrogen and oxygen atoms in total. The second kappa shape index (κ2) is 12.0. The standard InChI is InChI=1S/C25H34N4O3/c1-3-27-25(28-15-19-7-6-10-22(14-19)31-17-24(26)30)29-16-20-12-11-18(2)13-23(20)32-21-8-4-5-9-21/h6-7,10-14,21H,3-5,8-9,15-17H2,1-2H3,(H2,26,30)(H2,27,28,29). The lowest BCUT2D eigenvalue weighted by molar-refractivity contribution is -0.119. The minimum absolute atomic E-state index is 0.140. The highest BCUT2D eigenvalue weighted by molar-refractivity contribution is 5.79. The maximum absolute atomic E-state index is 10.9. The molecule has 4 N–H and O–H groups in total. The fraction of sp³-hybridized carbons (Fsp3) is 0.440. The number of aryl methyl sites for hydroxylation is 1. The molecule has 1 aliphatic carbocycles. The van der Waals surface area contributed by atoms with Crippen LogP contribution in [0.15, 0.2) is 47.5 Å². The first-order valence-electron chi connectivity index (χ1n) is 11.3. The van der Waals surface area contributed by atoms with E-state index < -0.39 is 5.91 Å². The summed E-state index contributed by atoms with van der Waals surface area (Å²) in [5.41, 5.74) is 8.44. The van der Waals surface area contributed by atoms with Crippen LogP contribution in [-0.2, 0) is 17.9 Å². The van der Waals surface area contributed by atoms with Crippen molar-refractivity contribution in [2.24, 2.45) is 10.7 Å². The summed E-state index contributed by atoms with van der Waals surface area (Å²) in [6.07, 6.45) is 5.08. The van der Waals surface area contributed by atoms with Crippen molar-refractivity contribution in [3.63, 3.8) is 0 Å². The number of carbonyl (C=O) groups excluding carboxylic acids is 1. The van der Waals surface area contributed by atoms with Crippen molar-refractivity contribution in [3.8, 4) is 11.5 Å². The zero-order valence-electron chi connectivity index (χ0n) is 19.0. The molecule has 1 fully saturated rings. The van der Waals surface area contributed by atoms with Crippen molar-refractivity contribution in [1.29, 1.82) is 0 Å². The van der Waals surface area contributed by atoms with Crippen LogP contribution in [0.5, 0.6) is 11.5 Å². The molecule has 0 aromatic heterocycles. The van der Waals surface area contributed by atoms with Crippen molar-refractivity contribution in [3.05, 3.63) is 59.2 Å². The molecule has 3 rings (SSSR count). The van der Waals surface area contributed by atoms with Crippen molar-refractivity contribution < 1.29 is 14.3 Å². The monoisotopic (exact) mass is 438 g/mol. The first-order valence-corrected chi connectivity index (χ1v) is 11.3. The highest BCUT2D eigenvalue weighted by atomic mass is 16.5. The molecule has 32 heavy (non-hydrogen) atoms. The number of amides is 1. The van der Waals surface area contributed by atoms with Gasteiger partial charge in [0.15, 0.2) is 12.6 Å². The molecular weight excluding hydrogens is 404 g/mol. The molecule has 0 aliphatic heterocycles. The highest BCUT2D eigenvalue weighted by Crippen LogP contribution is 2.27. The Kier molecular flexibility index (Phi) is 8.78. The van der Waals surface area contributed by atoms with Crippen molar-refractivity contribution >= 4 is 11.9 Å². The number of benzene rings is 2. The number of nitrogens with one attached hydrogen (secondary N) is 2. The molecule has 1 amide bonds. The third kappa shape index (κ3) is 7.48. The van der Waals surface area contributed by atoms with E-state index in [1.807, 2.05) is 25.1 Å². The van der Waals surface area contributed by atoms with Gasteiger partial charge in [-0.1, -0.05) is 24.3 Å². The van der Waals surface area contributed by atoms with E-state index in [2.05, 4.69) is 35.8 Å². The van der Waals surface area contributed by atoms with E-state index in [-0.39, 0.29) is 6.61 Å². The number of nitrogens with zero attached hydrogens (tertiary/aromatic N) is 1. The average molecular weight is 439 g/mol. The average Bonchev–Trinajstić information content (AvgIpc) is 3.29. The van der Waals surface area contributed by atoms with Gasteiger partial charge in [-0.05, 0) is 68.9 Å². The molecule has 2 aromatic carbocycles. The van der Waals surface area contributed by atoms with Crippen molar-refractivity contribution in [2.45, 2.75) is 58.7 Å². The SMILES string of the molecule is CCNC(=NCc1cccc(OCC(N)=O)c1)NCc1ccc(C)cc1OC1CCCC1. The third-order valence-corrected chi connectivity index (χ3v) is 5.31. The maximum Gasteiger partial charge on any atom is 0.255 e. The van der Waals surface area contributed by atoms with Gasteiger partial charge in [-0.3, -0.25) is 4.79 Å². The Morgan fingerprint density at radius 1 is 1.16 bits per heavy atom. The number of hydrogen-bond acceptors (Lipinski definition) is 4. The predicted molar refractivity (Wildman–Crippen MR) is 127 cm³/mol. The molecule has 2 aromatic rings. The summed E-state index contributed by atoms with van der Waals surface area (Å²) >= 11 is 0. The van der Waals surface area contributed by atoms with Gasteiger partial charge in [0.2, 0.25) is 0 Å².